The second-order valence-corrected chi connectivity index (χ2v) is 6.45. The molecule has 3 aromatic heterocycles. The van der Waals surface area contributed by atoms with Crippen LogP contribution in [0.5, 0.6) is 0 Å². The first kappa shape index (κ1) is 17.8. The monoisotopic (exact) mass is 367 g/mol. The van der Waals surface area contributed by atoms with Crippen LogP contribution in [0.1, 0.15) is 18.2 Å². The molecule has 138 valence electrons. The first-order valence-corrected chi connectivity index (χ1v) is 9.33. The van der Waals surface area contributed by atoms with Gasteiger partial charge in [-0.1, -0.05) is 37.3 Å². The second-order valence-electron chi connectivity index (χ2n) is 6.45. The Bertz CT molecular complexity index is 1030. The van der Waals surface area contributed by atoms with E-state index in [0.29, 0.717) is 6.54 Å². The Morgan fingerprint density at radius 2 is 1.61 bits per heavy atom. The van der Waals surface area contributed by atoms with Crippen molar-refractivity contribution < 1.29 is 0 Å². The number of benzene rings is 1. The van der Waals surface area contributed by atoms with Gasteiger partial charge in [-0.3, -0.25) is 9.97 Å². The molecule has 0 spiro atoms. The smallest absolute Gasteiger partial charge is 0.161 e. The van der Waals surface area contributed by atoms with Gasteiger partial charge in [0.05, 0.1) is 0 Å². The first-order chi connectivity index (χ1) is 13.8. The van der Waals surface area contributed by atoms with Crippen LogP contribution >= 0.6 is 0 Å². The van der Waals surface area contributed by atoms with Crippen molar-refractivity contribution in [2.45, 2.75) is 19.9 Å². The number of pyridine rings is 2. The van der Waals surface area contributed by atoms with Crippen LogP contribution in [0, 0.1) is 0 Å². The van der Waals surface area contributed by atoms with Gasteiger partial charge in [-0.25, -0.2) is 9.97 Å². The highest BCUT2D eigenvalue weighted by molar-refractivity contribution is 5.62. The summed E-state index contributed by atoms with van der Waals surface area (Å²) in [4.78, 5) is 17.6. The number of hydrogen-bond donors (Lipinski definition) is 1. The molecule has 0 atom stereocenters. The average molecular weight is 367 g/mol. The summed E-state index contributed by atoms with van der Waals surface area (Å²) in [7, 11) is 0. The van der Waals surface area contributed by atoms with Crippen LogP contribution in [0.25, 0.3) is 22.5 Å². The van der Waals surface area contributed by atoms with E-state index < -0.39 is 0 Å². The minimum absolute atomic E-state index is 0.698. The number of aryl methyl sites for hydroxylation is 1. The molecule has 28 heavy (non-hydrogen) atoms. The van der Waals surface area contributed by atoms with E-state index in [4.69, 9.17) is 0 Å². The molecule has 0 saturated heterocycles. The van der Waals surface area contributed by atoms with Crippen molar-refractivity contribution in [1.82, 2.24) is 19.9 Å². The van der Waals surface area contributed by atoms with Gasteiger partial charge < -0.3 is 5.32 Å². The molecular formula is C23H21N5. The molecule has 0 aliphatic carbocycles. The van der Waals surface area contributed by atoms with Crippen molar-refractivity contribution >= 4 is 5.82 Å². The number of anilines is 1. The standard InChI is InChI=1S/C23H21N5/c1-2-21-14-22(28-23(27-21)19-9-12-24-13-10-19)26-15-17-5-7-18(8-6-17)20-4-3-11-25-16-20/h3-14,16H,2,15H2,1H3,(H,26,27,28). The second kappa shape index (κ2) is 8.39. The molecule has 0 bridgehead atoms. The average Bonchev–Trinajstić information content (AvgIpc) is 2.79. The molecule has 3 heterocycles. The zero-order valence-corrected chi connectivity index (χ0v) is 15.7. The molecular weight excluding hydrogens is 346 g/mol. The Kier molecular flexibility index (Phi) is 5.33. The molecule has 0 fully saturated rings. The molecule has 0 aliphatic heterocycles. The number of nitrogens with zero attached hydrogens (tertiary/aromatic N) is 4. The van der Waals surface area contributed by atoms with Crippen LogP contribution in [0.4, 0.5) is 5.82 Å². The highest BCUT2D eigenvalue weighted by atomic mass is 15.0. The van der Waals surface area contributed by atoms with Crippen LogP contribution in [-0.4, -0.2) is 19.9 Å². The third kappa shape index (κ3) is 4.20. The summed E-state index contributed by atoms with van der Waals surface area (Å²) in [6, 6.07) is 18.4. The Morgan fingerprint density at radius 3 is 2.32 bits per heavy atom. The van der Waals surface area contributed by atoms with Crippen molar-refractivity contribution in [3.63, 3.8) is 0 Å². The Labute approximate surface area is 164 Å². The maximum atomic E-state index is 4.67. The molecule has 1 N–H and O–H groups in total. The fourth-order valence-electron chi connectivity index (χ4n) is 2.94. The highest BCUT2D eigenvalue weighted by Gasteiger charge is 2.06. The summed E-state index contributed by atoms with van der Waals surface area (Å²) < 4.78 is 0. The number of nitrogens with one attached hydrogen (secondary N) is 1. The van der Waals surface area contributed by atoms with Crippen LogP contribution in [0.2, 0.25) is 0 Å². The number of rotatable bonds is 6. The molecule has 5 heteroatoms. The van der Waals surface area contributed by atoms with Crippen LogP contribution in [0.3, 0.4) is 0 Å². The maximum Gasteiger partial charge on any atom is 0.161 e. The van der Waals surface area contributed by atoms with Gasteiger partial charge >= 0.3 is 0 Å². The van der Waals surface area contributed by atoms with E-state index >= 15 is 0 Å². The minimum Gasteiger partial charge on any atom is -0.366 e. The Balaban J connectivity index is 1.50. The van der Waals surface area contributed by atoms with Gasteiger partial charge in [-0.05, 0) is 41.3 Å². The summed E-state index contributed by atoms with van der Waals surface area (Å²) in [5, 5.41) is 3.43. The fourth-order valence-corrected chi connectivity index (χ4v) is 2.94. The maximum absolute atomic E-state index is 4.67. The van der Waals surface area contributed by atoms with Crippen molar-refractivity contribution in [1.29, 1.82) is 0 Å². The lowest BCUT2D eigenvalue weighted by Gasteiger charge is -2.10. The van der Waals surface area contributed by atoms with E-state index in [1.165, 1.54) is 5.56 Å². The molecule has 0 saturated carbocycles. The Morgan fingerprint density at radius 1 is 0.786 bits per heavy atom. The summed E-state index contributed by atoms with van der Waals surface area (Å²) in [5.41, 5.74) is 5.44. The predicted molar refractivity (Wildman–Crippen MR) is 112 cm³/mol. The van der Waals surface area contributed by atoms with E-state index in [2.05, 4.69) is 62.5 Å². The Hall–Kier alpha value is -3.60. The molecule has 0 radical (unpaired) electrons. The quantitative estimate of drug-likeness (QED) is 0.531. The molecule has 4 aromatic rings. The third-order valence-electron chi connectivity index (χ3n) is 4.50. The van der Waals surface area contributed by atoms with Gasteiger partial charge in [0.1, 0.15) is 5.82 Å². The van der Waals surface area contributed by atoms with Crippen LogP contribution in [-0.2, 0) is 13.0 Å². The zero-order valence-electron chi connectivity index (χ0n) is 15.7. The van der Waals surface area contributed by atoms with Gasteiger partial charge in [0.25, 0.3) is 0 Å². The lowest BCUT2D eigenvalue weighted by molar-refractivity contribution is 0.993. The SMILES string of the molecule is CCc1cc(NCc2ccc(-c3cccnc3)cc2)nc(-c2ccncc2)n1. The van der Waals surface area contributed by atoms with Gasteiger partial charge in [0.2, 0.25) is 0 Å². The van der Waals surface area contributed by atoms with E-state index in [1.54, 1.807) is 18.6 Å². The molecule has 1 aromatic carbocycles. The lowest BCUT2D eigenvalue weighted by Crippen LogP contribution is -2.05. The third-order valence-corrected chi connectivity index (χ3v) is 4.50. The van der Waals surface area contributed by atoms with Gasteiger partial charge in [-0.15, -0.1) is 0 Å². The topological polar surface area (TPSA) is 63.6 Å². The highest BCUT2D eigenvalue weighted by Crippen LogP contribution is 2.20. The van der Waals surface area contributed by atoms with E-state index in [-0.39, 0.29) is 0 Å². The van der Waals surface area contributed by atoms with Crippen molar-refractivity contribution in [2.75, 3.05) is 5.32 Å². The van der Waals surface area contributed by atoms with E-state index in [0.717, 1.165) is 40.4 Å². The minimum atomic E-state index is 0.698. The number of hydrogen-bond acceptors (Lipinski definition) is 5. The summed E-state index contributed by atoms with van der Waals surface area (Å²) in [6.45, 7) is 2.79. The van der Waals surface area contributed by atoms with Crippen molar-refractivity contribution in [3.8, 4) is 22.5 Å². The number of aromatic nitrogens is 4. The molecule has 5 nitrogen and oxygen atoms in total. The van der Waals surface area contributed by atoms with Crippen molar-refractivity contribution in [3.05, 3.63) is 90.6 Å². The summed E-state index contributed by atoms with van der Waals surface area (Å²) in [6.07, 6.45) is 8.03. The molecule has 4 rings (SSSR count). The van der Waals surface area contributed by atoms with Crippen LogP contribution < -0.4 is 5.32 Å². The molecule has 0 unspecified atom stereocenters. The normalized spacial score (nSPS) is 10.6. The summed E-state index contributed by atoms with van der Waals surface area (Å²) >= 11 is 0. The lowest BCUT2D eigenvalue weighted by atomic mass is 10.1. The van der Waals surface area contributed by atoms with Gasteiger partial charge in [0.15, 0.2) is 5.82 Å². The zero-order chi connectivity index (χ0) is 19.2. The van der Waals surface area contributed by atoms with E-state index in [1.807, 2.05) is 30.5 Å². The largest absolute Gasteiger partial charge is 0.366 e. The molecule has 0 amide bonds. The van der Waals surface area contributed by atoms with Gasteiger partial charge in [-0.2, -0.15) is 0 Å². The van der Waals surface area contributed by atoms with Gasteiger partial charge in [0, 0.05) is 48.7 Å². The van der Waals surface area contributed by atoms with Crippen molar-refractivity contribution in [2.24, 2.45) is 0 Å². The first-order valence-electron chi connectivity index (χ1n) is 9.33. The predicted octanol–water partition coefficient (Wildman–Crippen LogP) is 4.78. The fraction of sp³-hybridized carbons (Fsp3) is 0.130. The van der Waals surface area contributed by atoms with E-state index in [9.17, 15) is 0 Å². The van der Waals surface area contributed by atoms with Crippen LogP contribution in [0.15, 0.2) is 79.4 Å². The summed E-state index contributed by atoms with van der Waals surface area (Å²) in [5.74, 6) is 1.55. The molecule has 0 aliphatic rings.